The largest absolute Gasteiger partial charge is 0.494 e. The highest BCUT2D eigenvalue weighted by atomic mass is 16.5. The van der Waals surface area contributed by atoms with Crippen molar-refractivity contribution in [1.82, 2.24) is 0 Å². The first-order chi connectivity index (χ1) is 11.1. The number of ether oxygens (including phenoxy) is 3. The van der Waals surface area contributed by atoms with Gasteiger partial charge in [0.05, 0.1) is 24.3 Å². The molecule has 0 bridgehead atoms. The average molecular weight is 314 g/mol. The van der Waals surface area contributed by atoms with Crippen molar-refractivity contribution < 1.29 is 23.8 Å². The van der Waals surface area contributed by atoms with Crippen molar-refractivity contribution in [2.75, 3.05) is 13.2 Å². The normalized spacial score (nSPS) is 10.0. The lowest BCUT2D eigenvalue weighted by Gasteiger charge is -2.07. The number of carbonyl (C=O) groups excluding carboxylic acids is 2. The highest BCUT2D eigenvalue weighted by molar-refractivity contribution is 5.92. The summed E-state index contributed by atoms with van der Waals surface area (Å²) in [5.41, 5.74) is 0.801. The molecule has 0 saturated carbocycles. The zero-order valence-corrected chi connectivity index (χ0v) is 13.1. The lowest BCUT2D eigenvalue weighted by Crippen LogP contribution is -2.09. The van der Waals surface area contributed by atoms with Gasteiger partial charge in [-0.1, -0.05) is 6.07 Å². The standard InChI is InChI=1S/C18H18O5/c1-3-21-16-7-5-6-14(12-16)18(20)23-15-10-8-13(9-11-15)17(19)22-4-2/h5-12H,3-4H2,1-2H3. The minimum atomic E-state index is -0.490. The van der Waals surface area contributed by atoms with Crippen molar-refractivity contribution in [2.45, 2.75) is 13.8 Å². The van der Waals surface area contributed by atoms with Crippen LogP contribution in [0.25, 0.3) is 0 Å². The Hall–Kier alpha value is -2.82. The number of hydrogen-bond acceptors (Lipinski definition) is 5. The predicted molar refractivity (Wildman–Crippen MR) is 85.0 cm³/mol. The van der Waals surface area contributed by atoms with Crippen LogP contribution in [0.4, 0.5) is 0 Å². The van der Waals surface area contributed by atoms with E-state index < -0.39 is 11.9 Å². The van der Waals surface area contributed by atoms with Crippen LogP contribution < -0.4 is 9.47 Å². The highest BCUT2D eigenvalue weighted by Crippen LogP contribution is 2.18. The maximum Gasteiger partial charge on any atom is 0.343 e. The minimum Gasteiger partial charge on any atom is -0.494 e. The van der Waals surface area contributed by atoms with Gasteiger partial charge in [0.2, 0.25) is 0 Å². The van der Waals surface area contributed by atoms with Gasteiger partial charge in [0, 0.05) is 0 Å². The first-order valence-electron chi connectivity index (χ1n) is 7.36. The van der Waals surface area contributed by atoms with Crippen molar-refractivity contribution in [1.29, 1.82) is 0 Å². The monoisotopic (exact) mass is 314 g/mol. The van der Waals surface area contributed by atoms with E-state index in [9.17, 15) is 9.59 Å². The molecule has 0 aliphatic carbocycles. The van der Waals surface area contributed by atoms with E-state index in [2.05, 4.69) is 0 Å². The van der Waals surface area contributed by atoms with E-state index in [0.29, 0.717) is 35.8 Å². The molecule has 0 heterocycles. The molecule has 0 aromatic heterocycles. The number of carbonyl (C=O) groups is 2. The fourth-order valence-corrected chi connectivity index (χ4v) is 1.92. The second-order valence-electron chi connectivity index (χ2n) is 4.60. The molecular formula is C18H18O5. The Balaban J connectivity index is 2.05. The number of rotatable bonds is 6. The summed E-state index contributed by atoms with van der Waals surface area (Å²) in [5.74, 6) is 0.0645. The molecule has 2 aromatic rings. The summed E-state index contributed by atoms with van der Waals surface area (Å²) in [4.78, 5) is 23.7. The van der Waals surface area contributed by atoms with E-state index in [0.717, 1.165) is 0 Å². The Morgan fingerprint density at radius 1 is 0.826 bits per heavy atom. The molecule has 2 rings (SSSR count). The van der Waals surface area contributed by atoms with Crippen molar-refractivity contribution in [2.24, 2.45) is 0 Å². The van der Waals surface area contributed by atoms with E-state index in [1.165, 1.54) is 0 Å². The maximum absolute atomic E-state index is 12.1. The van der Waals surface area contributed by atoms with Crippen molar-refractivity contribution in [3.05, 3.63) is 59.7 Å². The van der Waals surface area contributed by atoms with Gasteiger partial charge in [-0.15, -0.1) is 0 Å². The van der Waals surface area contributed by atoms with E-state index in [1.54, 1.807) is 55.5 Å². The molecule has 0 aliphatic heterocycles. The smallest absolute Gasteiger partial charge is 0.343 e. The quantitative estimate of drug-likeness (QED) is 0.603. The zero-order valence-electron chi connectivity index (χ0n) is 13.1. The summed E-state index contributed by atoms with van der Waals surface area (Å²) >= 11 is 0. The first kappa shape index (κ1) is 16.5. The summed E-state index contributed by atoms with van der Waals surface area (Å²) in [6.45, 7) is 4.44. The van der Waals surface area contributed by atoms with E-state index in [1.807, 2.05) is 6.92 Å². The van der Waals surface area contributed by atoms with E-state index in [4.69, 9.17) is 14.2 Å². The molecule has 0 N–H and O–H groups in total. The van der Waals surface area contributed by atoms with E-state index >= 15 is 0 Å². The van der Waals surface area contributed by atoms with Gasteiger partial charge < -0.3 is 14.2 Å². The van der Waals surface area contributed by atoms with Crippen LogP contribution in [-0.4, -0.2) is 25.2 Å². The van der Waals surface area contributed by atoms with Crippen LogP contribution >= 0.6 is 0 Å². The van der Waals surface area contributed by atoms with Gasteiger partial charge >= 0.3 is 11.9 Å². The molecule has 2 aromatic carbocycles. The van der Waals surface area contributed by atoms with Crippen LogP contribution in [0, 0.1) is 0 Å². The summed E-state index contributed by atoms with van der Waals surface area (Å²) < 4.78 is 15.5. The van der Waals surface area contributed by atoms with Gasteiger partial charge in [0.1, 0.15) is 11.5 Å². The van der Waals surface area contributed by atoms with Crippen molar-refractivity contribution in [3.8, 4) is 11.5 Å². The van der Waals surface area contributed by atoms with Gasteiger partial charge in [0.25, 0.3) is 0 Å². The molecule has 120 valence electrons. The number of hydrogen-bond donors (Lipinski definition) is 0. The topological polar surface area (TPSA) is 61.8 Å². The molecule has 0 radical (unpaired) electrons. The Kier molecular flexibility index (Phi) is 5.74. The molecule has 0 unspecified atom stereocenters. The van der Waals surface area contributed by atoms with Crippen molar-refractivity contribution >= 4 is 11.9 Å². The van der Waals surface area contributed by atoms with Crippen LogP contribution in [-0.2, 0) is 4.74 Å². The number of esters is 2. The SMILES string of the molecule is CCOC(=O)c1ccc(OC(=O)c2cccc(OCC)c2)cc1. The fraction of sp³-hybridized carbons (Fsp3) is 0.222. The minimum absolute atomic E-state index is 0.311. The third-order valence-corrected chi connectivity index (χ3v) is 2.96. The molecule has 23 heavy (non-hydrogen) atoms. The third kappa shape index (κ3) is 4.57. The molecule has 0 aliphatic rings. The summed E-state index contributed by atoms with van der Waals surface area (Å²) in [6.07, 6.45) is 0. The zero-order chi connectivity index (χ0) is 16.7. The van der Waals surface area contributed by atoms with Crippen LogP contribution in [0.5, 0.6) is 11.5 Å². The lowest BCUT2D eigenvalue weighted by atomic mass is 10.2. The lowest BCUT2D eigenvalue weighted by molar-refractivity contribution is 0.0526. The Labute approximate surface area is 134 Å². The van der Waals surface area contributed by atoms with Gasteiger partial charge in [-0.25, -0.2) is 9.59 Å². The Morgan fingerprint density at radius 3 is 2.22 bits per heavy atom. The molecule has 0 saturated heterocycles. The molecular weight excluding hydrogens is 296 g/mol. The van der Waals surface area contributed by atoms with Gasteiger partial charge in [-0.3, -0.25) is 0 Å². The summed E-state index contributed by atoms with van der Waals surface area (Å²) in [7, 11) is 0. The van der Waals surface area contributed by atoms with Gasteiger partial charge in [0.15, 0.2) is 0 Å². The molecule has 5 nitrogen and oxygen atoms in total. The second kappa shape index (κ2) is 7.98. The van der Waals surface area contributed by atoms with Crippen molar-refractivity contribution in [3.63, 3.8) is 0 Å². The Bertz CT molecular complexity index is 676. The molecule has 5 heteroatoms. The predicted octanol–water partition coefficient (Wildman–Crippen LogP) is 3.48. The fourth-order valence-electron chi connectivity index (χ4n) is 1.92. The molecule has 0 amide bonds. The van der Waals surface area contributed by atoms with Crippen LogP contribution in [0.1, 0.15) is 34.6 Å². The summed E-state index contributed by atoms with van der Waals surface area (Å²) in [6, 6.07) is 13.0. The van der Waals surface area contributed by atoms with Crippen LogP contribution in [0.2, 0.25) is 0 Å². The third-order valence-electron chi connectivity index (χ3n) is 2.96. The first-order valence-corrected chi connectivity index (χ1v) is 7.36. The van der Waals surface area contributed by atoms with Crippen LogP contribution in [0.15, 0.2) is 48.5 Å². The van der Waals surface area contributed by atoms with Gasteiger partial charge in [-0.2, -0.15) is 0 Å². The average Bonchev–Trinajstić information content (AvgIpc) is 2.56. The van der Waals surface area contributed by atoms with E-state index in [-0.39, 0.29) is 0 Å². The second-order valence-corrected chi connectivity index (χ2v) is 4.60. The van der Waals surface area contributed by atoms with Crippen LogP contribution in [0.3, 0.4) is 0 Å². The Morgan fingerprint density at radius 2 is 1.57 bits per heavy atom. The van der Waals surface area contributed by atoms with Gasteiger partial charge in [-0.05, 0) is 56.3 Å². The molecule has 0 fully saturated rings. The molecule has 0 spiro atoms. The molecule has 0 atom stereocenters. The number of benzene rings is 2. The summed E-state index contributed by atoms with van der Waals surface area (Å²) in [5, 5.41) is 0. The maximum atomic E-state index is 12.1. The highest BCUT2D eigenvalue weighted by Gasteiger charge is 2.11.